The first-order valence-corrected chi connectivity index (χ1v) is 10.2. The molecule has 1 saturated carbocycles. The molecule has 3 fully saturated rings. The lowest BCUT2D eigenvalue weighted by atomic mass is 9.71. The fraction of sp³-hybridized carbons (Fsp3) is 0.619. The molecule has 1 aromatic heterocycles. The minimum Gasteiger partial charge on any atom is -0.302 e. The summed E-state index contributed by atoms with van der Waals surface area (Å²) in [4.78, 5) is 10.2. The van der Waals surface area contributed by atoms with Crippen LogP contribution in [-0.4, -0.2) is 57.7 Å². The van der Waals surface area contributed by atoms with Gasteiger partial charge in [0.15, 0.2) is 5.82 Å². The van der Waals surface area contributed by atoms with Gasteiger partial charge in [-0.25, -0.2) is 4.98 Å². The lowest BCUT2D eigenvalue weighted by molar-refractivity contribution is -0.00461. The van der Waals surface area contributed by atoms with E-state index in [1.807, 2.05) is 0 Å². The Morgan fingerprint density at radius 3 is 2.62 bits per heavy atom. The van der Waals surface area contributed by atoms with Crippen molar-refractivity contribution in [2.45, 2.75) is 44.6 Å². The smallest absolute Gasteiger partial charge is 0.153 e. The van der Waals surface area contributed by atoms with Crippen molar-refractivity contribution in [3.05, 3.63) is 47.5 Å². The standard InChI is InChI=1S/C21H29N5/c1-2-10-25-13-21(14-25)15-26(11-16-6-4-3-5-7-16)12-18(21)20-22-19(23-24-20)17-8-9-17/h3-7,17-18H,2,8-15H2,1H3,(H,22,23,24). The molecule has 0 bridgehead atoms. The summed E-state index contributed by atoms with van der Waals surface area (Å²) in [5.41, 5.74) is 1.76. The first-order chi connectivity index (χ1) is 12.8. The average Bonchev–Trinajstić information content (AvgIpc) is 3.23. The number of aromatic nitrogens is 3. The lowest BCUT2D eigenvalue weighted by Crippen LogP contribution is -2.59. The maximum absolute atomic E-state index is 4.93. The van der Waals surface area contributed by atoms with Crippen LogP contribution in [0.2, 0.25) is 0 Å². The van der Waals surface area contributed by atoms with Gasteiger partial charge in [0.05, 0.1) is 0 Å². The number of nitrogens with one attached hydrogen (secondary N) is 1. The van der Waals surface area contributed by atoms with Crippen LogP contribution in [0.4, 0.5) is 0 Å². The van der Waals surface area contributed by atoms with Crippen LogP contribution in [0.1, 0.15) is 55.2 Å². The summed E-state index contributed by atoms with van der Waals surface area (Å²) in [6.07, 6.45) is 3.76. The Morgan fingerprint density at radius 1 is 1.12 bits per heavy atom. The second-order valence-electron chi connectivity index (χ2n) is 8.63. The van der Waals surface area contributed by atoms with E-state index < -0.39 is 0 Å². The van der Waals surface area contributed by atoms with Crippen molar-refractivity contribution in [1.82, 2.24) is 25.0 Å². The zero-order valence-corrected chi connectivity index (χ0v) is 15.7. The fourth-order valence-electron chi connectivity index (χ4n) is 5.02. The summed E-state index contributed by atoms with van der Waals surface area (Å²) < 4.78 is 0. The maximum atomic E-state index is 4.93. The van der Waals surface area contributed by atoms with Gasteiger partial charge < -0.3 is 4.90 Å². The highest BCUT2D eigenvalue weighted by Crippen LogP contribution is 2.49. The molecule has 26 heavy (non-hydrogen) atoms. The molecule has 0 amide bonds. The molecule has 2 aliphatic heterocycles. The highest BCUT2D eigenvalue weighted by atomic mass is 15.3. The molecule has 5 nitrogen and oxygen atoms in total. The molecule has 1 aromatic carbocycles. The first-order valence-electron chi connectivity index (χ1n) is 10.2. The summed E-state index contributed by atoms with van der Waals surface area (Å²) in [5, 5.41) is 7.86. The average molecular weight is 351 g/mol. The molecule has 1 N–H and O–H groups in total. The third kappa shape index (κ3) is 2.97. The van der Waals surface area contributed by atoms with Crippen molar-refractivity contribution in [3.8, 4) is 0 Å². The molecule has 138 valence electrons. The highest BCUT2D eigenvalue weighted by Gasteiger charge is 2.55. The predicted octanol–water partition coefficient (Wildman–Crippen LogP) is 2.99. The van der Waals surface area contributed by atoms with Gasteiger partial charge >= 0.3 is 0 Å². The van der Waals surface area contributed by atoms with Crippen LogP contribution in [-0.2, 0) is 6.54 Å². The Labute approximate surface area is 155 Å². The molecule has 3 aliphatic rings. The maximum Gasteiger partial charge on any atom is 0.153 e. The summed E-state index contributed by atoms with van der Waals surface area (Å²) in [6.45, 7) is 9.21. The number of benzene rings is 1. The topological polar surface area (TPSA) is 48.1 Å². The zero-order chi connectivity index (χ0) is 17.6. The van der Waals surface area contributed by atoms with E-state index in [0.29, 0.717) is 17.3 Å². The summed E-state index contributed by atoms with van der Waals surface area (Å²) in [5.74, 6) is 3.30. The summed E-state index contributed by atoms with van der Waals surface area (Å²) >= 11 is 0. The van der Waals surface area contributed by atoms with E-state index in [1.165, 1.54) is 51.0 Å². The number of rotatable bonds is 6. The van der Waals surface area contributed by atoms with Gasteiger partial charge in [0, 0.05) is 50.0 Å². The van der Waals surface area contributed by atoms with Crippen LogP contribution in [0.3, 0.4) is 0 Å². The predicted molar refractivity (Wildman–Crippen MR) is 102 cm³/mol. The second-order valence-corrected chi connectivity index (χ2v) is 8.63. The van der Waals surface area contributed by atoms with Gasteiger partial charge in [0.2, 0.25) is 0 Å². The number of aromatic amines is 1. The fourth-order valence-corrected chi connectivity index (χ4v) is 5.02. The summed E-state index contributed by atoms with van der Waals surface area (Å²) in [7, 11) is 0. The molecular weight excluding hydrogens is 322 g/mol. The monoisotopic (exact) mass is 351 g/mol. The van der Waals surface area contributed by atoms with Crippen LogP contribution >= 0.6 is 0 Å². The van der Waals surface area contributed by atoms with Crippen molar-refractivity contribution in [2.24, 2.45) is 5.41 Å². The van der Waals surface area contributed by atoms with E-state index in [2.05, 4.69) is 57.3 Å². The quantitative estimate of drug-likeness (QED) is 0.869. The molecule has 2 aromatic rings. The number of likely N-dealkylation sites (tertiary alicyclic amines) is 2. The molecule has 1 atom stereocenters. The Balaban J connectivity index is 1.35. The van der Waals surface area contributed by atoms with Crippen LogP contribution in [0.25, 0.3) is 0 Å². The normalized spacial score (nSPS) is 25.7. The number of hydrogen-bond donors (Lipinski definition) is 1. The largest absolute Gasteiger partial charge is 0.302 e. The van der Waals surface area contributed by atoms with E-state index in [9.17, 15) is 0 Å². The molecule has 1 spiro atoms. The first kappa shape index (κ1) is 16.5. The van der Waals surface area contributed by atoms with Crippen molar-refractivity contribution in [2.75, 3.05) is 32.7 Å². The van der Waals surface area contributed by atoms with Gasteiger partial charge in [-0.2, -0.15) is 5.10 Å². The van der Waals surface area contributed by atoms with Gasteiger partial charge in [-0.3, -0.25) is 10.00 Å². The molecule has 1 aliphatic carbocycles. The Hall–Kier alpha value is -1.72. The van der Waals surface area contributed by atoms with Crippen molar-refractivity contribution in [1.29, 1.82) is 0 Å². The minimum atomic E-state index is 0.351. The van der Waals surface area contributed by atoms with Gasteiger partial charge in [-0.05, 0) is 31.4 Å². The molecule has 3 heterocycles. The number of hydrogen-bond acceptors (Lipinski definition) is 4. The Morgan fingerprint density at radius 2 is 1.88 bits per heavy atom. The van der Waals surface area contributed by atoms with Crippen LogP contribution < -0.4 is 0 Å². The van der Waals surface area contributed by atoms with E-state index >= 15 is 0 Å². The second kappa shape index (κ2) is 6.46. The van der Waals surface area contributed by atoms with Crippen molar-refractivity contribution >= 4 is 0 Å². The molecule has 0 radical (unpaired) electrons. The zero-order valence-electron chi connectivity index (χ0n) is 15.7. The third-order valence-corrected chi connectivity index (χ3v) is 6.38. The Kier molecular flexibility index (Phi) is 4.09. The van der Waals surface area contributed by atoms with Gasteiger partial charge in [-0.1, -0.05) is 37.3 Å². The molecule has 1 unspecified atom stereocenters. The molecule has 5 rings (SSSR count). The lowest BCUT2D eigenvalue weighted by Gasteiger charge is -2.50. The van der Waals surface area contributed by atoms with Crippen molar-refractivity contribution < 1.29 is 0 Å². The van der Waals surface area contributed by atoms with Crippen molar-refractivity contribution in [3.63, 3.8) is 0 Å². The third-order valence-electron chi connectivity index (χ3n) is 6.38. The summed E-state index contributed by atoms with van der Waals surface area (Å²) in [6, 6.07) is 10.9. The number of nitrogens with zero attached hydrogens (tertiary/aromatic N) is 4. The highest BCUT2D eigenvalue weighted by molar-refractivity contribution is 5.20. The molecule has 2 saturated heterocycles. The van der Waals surface area contributed by atoms with E-state index in [-0.39, 0.29) is 0 Å². The van der Waals surface area contributed by atoms with E-state index in [0.717, 1.165) is 24.7 Å². The molecule has 5 heteroatoms. The van der Waals surface area contributed by atoms with Crippen LogP contribution in [0, 0.1) is 5.41 Å². The van der Waals surface area contributed by atoms with E-state index in [1.54, 1.807) is 0 Å². The van der Waals surface area contributed by atoms with Gasteiger partial charge in [0.1, 0.15) is 5.82 Å². The van der Waals surface area contributed by atoms with Crippen LogP contribution in [0.15, 0.2) is 30.3 Å². The molecular formula is C21H29N5. The number of H-pyrrole nitrogens is 1. The van der Waals surface area contributed by atoms with Gasteiger partial charge in [0.25, 0.3) is 0 Å². The van der Waals surface area contributed by atoms with E-state index in [4.69, 9.17) is 4.98 Å². The SMILES string of the molecule is CCCN1CC2(CN(Cc3ccccc3)CC2c2nc(C3CC3)n[nH]2)C1. The van der Waals surface area contributed by atoms with Crippen LogP contribution in [0.5, 0.6) is 0 Å². The van der Waals surface area contributed by atoms with Gasteiger partial charge in [-0.15, -0.1) is 0 Å². The minimum absolute atomic E-state index is 0.351. The Bertz CT molecular complexity index is 745.